The van der Waals surface area contributed by atoms with Crippen molar-refractivity contribution < 1.29 is 13.2 Å². The average molecular weight is 419 g/mol. The van der Waals surface area contributed by atoms with Crippen molar-refractivity contribution in [3.05, 3.63) is 29.3 Å². The lowest BCUT2D eigenvalue weighted by atomic mass is 10.0. The molecular formula is C18H31ClN4O3S. The lowest BCUT2D eigenvalue weighted by Crippen LogP contribution is -2.42. The van der Waals surface area contributed by atoms with E-state index >= 15 is 0 Å². The van der Waals surface area contributed by atoms with Gasteiger partial charge in [0.15, 0.2) is 5.96 Å². The number of ether oxygens (including phenoxy) is 1. The number of aliphatic imine (C=N–C) groups is 1. The molecular weight excluding hydrogens is 388 g/mol. The fourth-order valence-electron chi connectivity index (χ4n) is 2.46. The number of halogens is 1. The second-order valence-electron chi connectivity index (χ2n) is 6.31. The second kappa shape index (κ2) is 12.2. The van der Waals surface area contributed by atoms with Crippen molar-refractivity contribution in [2.45, 2.75) is 38.2 Å². The van der Waals surface area contributed by atoms with Crippen LogP contribution in [0, 0.1) is 5.92 Å². The smallest absolute Gasteiger partial charge is 0.240 e. The van der Waals surface area contributed by atoms with Crippen LogP contribution in [-0.4, -0.2) is 53.8 Å². The summed E-state index contributed by atoms with van der Waals surface area (Å²) in [5.41, 5.74) is 0. The summed E-state index contributed by atoms with van der Waals surface area (Å²) in [5.74, 6) is 1.07. The zero-order valence-electron chi connectivity index (χ0n) is 16.5. The van der Waals surface area contributed by atoms with Gasteiger partial charge in [0.05, 0.1) is 11.0 Å². The lowest BCUT2D eigenvalue weighted by Gasteiger charge is -2.21. The minimum absolute atomic E-state index is 0.146. The topological polar surface area (TPSA) is 91.8 Å². The van der Waals surface area contributed by atoms with Gasteiger partial charge in [0.25, 0.3) is 0 Å². The van der Waals surface area contributed by atoms with Crippen LogP contribution in [0.2, 0.25) is 5.02 Å². The Kier molecular flexibility index (Phi) is 10.7. The Hall–Kier alpha value is -1.35. The first-order valence-electron chi connectivity index (χ1n) is 9.11. The van der Waals surface area contributed by atoms with Crippen LogP contribution in [0.4, 0.5) is 0 Å². The zero-order valence-corrected chi connectivity index (χ0v) is 18.0. The maximum Gasteiger partial charge on any atom is 0.240 e. The molecule has 0 bridgehead atoms. The quantitative estimate of drug-likeness (QED) is 0.291. The summed E-state index contributed by atoms with van der Waals surface area (Å²) in [6.45, 7) is 8.31. The maximum atomic E-state index is 12.2. The molecule has 27 heavy (non-hydrogen) atoms. The van der Waals surface area contributed by atoms with Crippen molar-refractivity contribution >= 4 is 27.6 Å². The molecule has 0 aliphatic heterocycles. The van der Waals surface area contributed by atoms with Gasteiger partial charge in [-0.3, -0.25) is 4.99 Å². The van der Waals surface area contributed by atoms with Crippen LogP contribution < -0.4 is 15.4 Å². The molecule has 3 N–H and O–H groups in total. The van der Waals surface area contributed by atoms with Crippen molar-refractivity contribution in [3.63, 3.8) is 0 Å². The van der Waals surface area contributed by atoms with Gasteiger partial charge in [0, 0.05) is 38.3 Å². The van der Waals surface area contributed by atoms with E-state index in [9.17, 15) is 8.42 Å². The number of nitrogens with zero attached hydrogens (tertiary/aromatic N) is 1. The van der Waals surface area contributed by atoms with Crippen LogP contribution in [0.15, 0.2) is 34.2 Å². The summed E-state index contributed by atoms with van der Waals surface area (Å²) in [6, 6.07) is 6.16. The number of benzene rings is 1. The van der Waals surface area contributed by atoms with Crippen molar-refractivity contribution in [3.8, 4) is 0 Å². The van der Waals surface area contributed by atoms with Crippen LogP contribution in [0.3, 0.4) is 0 Å². The van der Waals surface area contributed by atoms with Crippen LogP contribution in [0.1, 0.15) is 27.2 Å². The zero-order chi connectivity index (χ0) is 20.3. The molecule has 1 aromatic carbocycles. The highest BCUT2D eigenvalue weighted by Gasteiger charge is 2.14. The molecule has 9 heteroatoms. The monoisotopic (exact) mass is 418 g/mol. The van der Waals surface area contributed by atoms with Gasteiger partial charge in [-0.1, -0.05) is 31.5 Å². The van der Waals surface area contributed by atoms with E-state index in [0.717, 1.165) is 13.0 Å². The molecule has 0 saturated heterocycles. The highest BCUT2D eigenvalue weighted by Crippen LogP contribution is 2.14. The maximum absolute atomic E-state index is 12.2. The number of nitrogens with one attached hydrogen (secondary N) is 3. The van der Waals surface area contributed by atoms with Crippen molar-refractivity contribution in [2.24, 2.45) is 10.9 Å². The van der Waals surface area contributed by atoms with Gasteiger partial charge in [-0.25, -0.2) is 13.1 Å². The number of rotatable bonds is 11. The molecule has 0 spiro atoms. The van der Waals surface area contributed by atoms with Crippen molar-refractivity contribution in [2.75, 3.05) is 33.3 Å². The van der Waals surface area contributed by atoms with Gasteiger partial charge in [0.1, 0.15) is 0 Å². The Bertz CT molecular complexity index is 696. The summed E-state index contributed by atoms with van der Waals surface area (Å²) in [6.07, 6.45) is 1.07. The lowest BCUT2D eigenvalue weighted by molar-refractivity contribution is 0.0258. The predicted octanol–water partition coefficient (Wildman–Crippen LogP) is 2.23. The van der Waals surface area contributed by atoms with E-state index < -0.39 is 10.0 Å². The summed E-state index contributed by atoms with van der Waals surface area (Å²) in [4.78, 5) is 4.28. The Labute approximate surface area is 168 Å². The minimum atomic E-state index is -3.58. The minimum Gasteiger partial charge on any atom is -0.378 e. The third kappa shape index (κ3) is 8.92. The van der Waals surface area contributed by atoms with E-state index in [2.05, 4.69) is 34.2 Å². The second-order valence-corrected chi connectivity index (χ2v) is 8.51. The third-order valence-electron chi connectivity index (χ3n) is 3.89. The van der Waals surface area contributed by atoms with Gasteiger partial charge in [-0.05, 0) is 37.5 Å². The van der Waals surface area contributed by atoms with Crippen LogP contribution in [-0.2, 0) is 14.8 Å². The van der Waals surface area contributed by atoms with E-state index in [-0.39, 0.29) is 17.5 Å². The molecule has 0 radical (unpaired) electrons. The average Bonchev–Trinajstić information content (AvgIpc) is 2.62. The molecule has 0 fully saturated rings. The number of hydrogen-bond donors (Lipinski definition) is 3. The number of sulfonamides is 1. The summed E-state index contributed by atoms with van der Waals surface area (Å²) in [7, 11) is -1.91. The molecule has 1 atom stereocenters. The number of hydrogen-bond acceptors (Lipinski definition) is 4. The van der Waals surface area contributed by atoms with Crippen molar-refractivity contribution in [1.29, 1.82) is 0 Å². The fourth-order valence-corrected chi connectivity index (χ4v) is 3.79. The van der Waals surface area contributed by atoms with Crippen molar-refractivity contribution in [1.82, 2.24) is 15.4 Å². The van der Waals surface area contributed by atoms with Gasteiger partial charge in [-0.2, -0.15) is 0 Å². The first kappa shape index (κ1) is 23.7. The van der Waals surface area contributed by atoms with E-state index in [1.165, 1.54) is 12.1 Å². The standard InChI is InChI=1S/C18H31ClN4O3S/c1-5-26-17(14(2)3)9-10-21-18(20-4)22-11-12-23-27(24,25)16-8-6-7-15(19)13-16/h6-8,13-14,17,23H,5,9-12H2,1-4H3,(H2,20,21,22). The highest BCUT2D eigenvalue weighted by molar-refractivity contribution is 7.89. The molecule has 1 rings (SSSR count). The fraction of sp³-hybridized carbons (Fsp3) is 0.611. The van der Waals surface area contributed by atoms with E-state index in [0.29, 0.717) is 30.1 Å². The SMILES string of the molecule is CCOC(CCNC(=NC)NCCNS(=O)(=O)c1cccc(Cl)c1)C(C)C. The first-order chi connectivity index (χ1) is 12.8. The Morgan fingerprint density at radius 3 is 2.52 bits per heavy atom. The van der Waals surface area contributed by atoms with Gasteiger partial charge in [-0.15, -0.1) is 0 Å². The molecule has 0 amide bonds. The molecule has 7 nitrogen and oxygen atoms in total. The largest absolute Gasteiger partial charge is 0.378 e. The van der Waals surface area contributed by atoms with Gasteiger partial charge < -0.3 is 15.4 Å². The van der Waals surface area contributed by atoms with E-state index in [1.807, 2.05) is 6.92 Å². The molecule has 0 saturated carbocycles. The molecule has 0 aliphatic carbocycles. The summed E-state index contributed by atoms with van der Waals surface area (Å²) in [5, 5.41) is 6.68. The predicted molar refractivity (Wildman–Crippen MR) is 111 cm³/mol. The Morgan fingerprint density at radius 1 is 1.22 bits per heavy atom. The molecule has 0 heterocycles. The molecule has 0 aromatic heterocycles. The highest BCUT2D eigenvalue weighted by atomic mass is 35.5. The van der Waals surface area contributed by atoms with E-state index in [4.69, 9.17) is 16.3 Å². The Morgan fingerprint density at radius 2 is 1.93 bits per heavy atom. The number of guanidine groups is 1. The summed E-state index contributed by atoms with van der Waals surface area (Å²) >= 11 is 5.84. The van der Waals surface area contributed by atoms with Gasteiger partial charge >= 0.3 is 0 Å². The normalized spacial score (nSPS) is 13.6. The van der Waals surface area contributed by atoms with Crippen LogP contribution in [0.25, 0.3) is 0 Å². The molecule has 1 unspecified atom stereocenters. The van der Waals surface area contributed by atoms with Gasteiger partial charge in [0.2, 0.25) is 10.0 Å². The molecule has 0 aliphatic rings. The molecule has 1 aromatic rings. The van der Waals surface area contributed by atoms with Crippen LogP contribution in [0.5, 0.6) is 0 Å². The summed E-state index contributed by atoms with van der Waals surface area (Å²) < 4.78 is 32.7. The third-order valence-corrected chi connectivity index (χ3v) is 5.58. The van der Waals surface area contributed by atoms with Crippen LogP contribution >= 0.6 is 11.6 Å². The molecule has 154 valence electrons. The first-order valence-corrected chi connectivity index (χ1v) is 11.0. The Balaban J connectivity index is 2.37. The van der Waals surface area contributed by atoms with E-state index in [1.54, 1.807) is 19.2 Å².